The number of rotatable bonds is 4. The molecule has 0 spiro atoms. The molecular formula is C21H36. The Balaban J connectivity index is 1.71. The van der Waals surface area contributed by atoms with Crippen LogP contribution in [0.1, 0.15) is 103 Å². The van der Waals surface area contributed by atoms with E-state index < -0.39 is 0 Å². The first-order valence-electron chi connectivity index (χ1n) is 10.4. The SMILES string of the molecule is C1CCC(C(C2CCCC2)(C2CCCC2)C2CCCC2)C1. The highest BCUT2D eigenvalue weighted by molar-refractivity contribution is 5.05. The van der Waals surface area contributed by atoms with Gasteiger partial charge in [0, 0.05) is 0 Å². The van der Waals surface area contributed by atoms with Crippen molar-refractivity contribution < 1.29 is 0 Å². The maximum absolute atomic E-state index is 1.60. The van der Waals surface area contributed by atoms with E-state index in [1.54, 1.807) is 103 Å². The normalized spacial score (nSPS) is 30.9. The molecule has 0 aromatic heterocycles. The van der Waals surface area contributed by atoms with Gasteiger partial charge in [0.15, 0.2) is 0 Å². The third-order valence-corrected chi connectivity index (χ3v) is 8.25. The van der Waals surface area contributed by atoms with Crippen LogP contribution in [0.5, 0.6) is 0 Å². The van der Waals surface area contributed by atoms with Gasteiger partial charge in [-0.3, -0.25) is 0 Å². The van der Waals surface area contributed by atoms with Gasteiger partial charge in [-0.15, -0.1) is 0 Å². The molecule has 4 saturated carbocycles. The molecule has 0 heteroatoms. The van der Waals surface area contributed by atoms with Gasteiger partial charge in [-0.2, -0.15) is 0 Å². The van der Waals surface area contributed by atoms with Crippen molar-refractivity contribution in [2.45, 2.75) is 103 Å². The lowest BCUT2D eigenvalue weighted by molar-refractivity contribution is -0.0526. The van der Waals surface area contributed by atoms with E-state index in [0.717, 1.165) is 29.1 Å². The molecule has 4 aliphatic carbocycles. The van der Waals surface area contributed by atoms with Crippen LogP contribution in [0.15, 0.2) is 0 Å². The van der Waals surface area contributed by atoms with Gasteiger partial charge in [-0.25, -0.2) is 0 Å². The molecule has 0 aromatic carbocycles. The highest BCUT2D eigenvalue weighted by atomic mass is 14.6. The van der Waals surface area contributed by atoms with Crippen LogP contribution in [0.4, 0.5) is 0 Å². The van der Waals surface area contributed by atoms with Crippen LogP contribution in [-0.4, -0.2) is 0 Å². The van der Waals surface area contributed by atoms with Gasteiger partial charge in [0.05, 0.1) is 0 Å². The van der Waals surface area contributed by atoms with Gasteiger partial charge < -0.3 is 0 Å². The zero-order valence-electron chi connectivity index (χ0n) is 14.1. The maximum atomic E-state index is 1.60. The lowest BCUT2D eigenvalue weighted by Gasteiger charge is -2.53. The third kappa shape index (κ3) is 2.40. The molecule has 4 rings (SSSR count). The molecule has 0 bridgehead atoms. The topological polar surface area (TPSA) is 0 Å². The third-order valence-electron chi connectivity index (χ3n) is 8.25. The Bertz CT molecular complexity index is 250. The molecule has 120 valence electrons. The Morgan fingerprint density at radius 1 is 0.333 bits per heavy atom. The summed E-state index contributed by atoms with van der Waals surface area (Å²) in [6.07, 6.45) is 25.2. The molecule has 0 aliphatic heterocycles. The maximum Gasteiger partial charge on any atom is -0.0184 e. The van der Waals surface area contributed by atoms with Crippen molar-refractivity contribution in [3.05, 3.63) is 0 Å². The molecule has 0 radical (unpaired) electrons. The quantitative estimate of drug-likeness (QED) is 0.537. The predicted molar refractivity (Wildman–Crippen MR) is 90.3 cm³/mol. The van der Waals surface area contributed by atoms with Gasteiger partial charge in [0.1, 0.15) is 0 Å². The minimum atomic E-state index is 0.819. The van der Waals surface area contributed by atoms with Crippen molar-refractivity contribution in [3.63, 3.8) is 0 Å². The van der Waals surface area contributed by atoms with E-state index in [9.17, 15) is 0 Å². The van der Waals surface area contributed by atoms with Crippen LogP contribution in [0.25, 0.3) is 0 Å². The molecule has 0 nitrogen and oxygen atoms in total. The molecule has 4 fully saturated rings. The smallest absolute Gasteiger partial charge is 0.0184 e. The largest absolute Gasteiger partial charge is 0.0530 e. The van der Waals surface area contributed by atoms with Crippen molar-refractivity contribution in [2.24, 2.45) is 29.1 Å². The summed E-state index contributed by atoms with van der Waals surface area (Å²) in [5.74, 6) is 4.53. The summed E-state index contributed by atoms with van der Waals surface area (Å²) in [5.41, 5.74) is 0.819. The van der Waals surface area contributed by atoms with E-state index in [-0.39, 0.29) is 0 Å². The molecule has 0 heterocycles. The zero-order valence-corrected chi connectivity index (χ0v) is 14.1. The first-order valence-corrected chi connectivity index (χ1v) is 10.4. The van der Waals surface area contributed by atoms with Gasteiger partial charge in [-0.1, -0.05) is 51.4 Å². The molecule has 0 saturated heterocycles. The van der Waals surface area contributed by atoms with Crippen LogP contribution >= 0.6 is 0 Å². The Labute approximate surface area is 132 Å². The second-order valence-electron chi connectivity index (χ2n) is 8.93. The fourth-order valence-corrected chi connectivity index (χ4v) is 7.70. The summed E-state index contributed by atoms with van der Waals surface area (Å²) >= 11 is 0. The molecule has 4 aliphatic rings. The lowest BCUT2D eigenvalue weighted by Crippen LogP contribution is -2.47. The van der Waals surface area contributed by atoms with Crippen LogP contribution in [0.2, 0.25) is 0 Å². The number of hydrogen-bond acceptors (Lipinski definition) is 0. The minimum Gasteiger partial charge on any atom is -0.0530 e. The molecule has 0 N–H and O–H groups in total. The van der Waals surface area contributed by atoms with Gasteiger partial charge in [0.2, 0.25) is 0 Å². The zero-order chi connectivity index (χ0) is 14.1. The fourth-order valence-electron chi connectivity index (χ4n) is 7.70. The molecule has 0 aromatic rings. The summed E-state index contributed by atoms with van der Waals surface area (Å²) in [7, 11) is 0. The van der Waals surface area contributed by atoms with Gasteiger partial charge in [0.25, 0.3) is 0 Å². The lowest BCUT2D eigenvalue weighted by atomic mass is 9.51. The number of hydrogen-bond donors (Lipinski definition) is 0. The van der Waals surface area contributed by atoms with Crippen LogP contribution in [-0.2, 0) is 0 Å². The molecular weight excluding hydrogens is 252 g/mol. The van der Waals surface area contributed by atoms with Crippen LogP contribution < -0.4 is 0 Å². The second-order valence-corrected chi connectivity index (χ2v) is 8.93. The summed E-state index contributed by atoms with van der Waals surface area (Å²) in [4.78, 5) is 0. The second kappa shape index (κ2) is 6.25. The van der Waals surface area contributed by atoms with E-state index in [2.05, 4.69) is 0 Å². The van der Waals surface area contributed by atoms with Crippen molar-refractivity contribution in [1.29, 1.82) is 0 Å². The summed E-state index contributed by atoms with van der Waals surface area (Å²) in [6.45, 7) is 0. The van der Waals surface area contributed by atoms with Crippen LogP contribution in [0, 0.1) is 29.1 Å². The Morgan fingerprint density at radius 2 is 0.524 bits per heavy atom. The van der Waals surface area contributed by atoms with E-state index in [0.29, 0.717) is 0 Å². The Hall–Kier alpha value is 0. The monoisotopic (exact) mass is 288 g/mol. The van der Waals surface area contributed by atoms with Crippen molar-refractivity contribution >= 4 is 0 Å². The minimum absolute atomic E-state index is 0.819. The average Bonchev–Trinajstić information content (AvgIpc) is 3.32. The van der Waals surface area contributed by atoms with Gasteiger partial charge in [-0.05, 0) is 80.5 Å². The predicted octanol–water partition coefficient (Wildman–Crippen LogP) is 6.73. The molecule has 0 atom stereocenters. The van der Waals surface area contributed by atoms with E-state index >= 15 is 0 Å². The Morgan fingerprint density at radius 3 is 0.714 bits per heavy atom. The van der Waals surface area contributed by atoms with E-state index in [4.69, 9.17) is 0 Å². The van der Waals surface area contributed by atoms with Crippen molar-refractivity contribution in [1.82, 2.24) is 0 Å². The summed E-state index contributed by atoms with van der Waals surface area (Å²) in [5, 5.41) is 0. The molecule has 0 unspecified atom stereocenters. The van der Waals surface area contributed by atoms with Crippen molar-refractivity contribution in [2.75, 3.05) is 0 Å². The standard InChI is InChI=1S/C21H36/c1-2-10-17(9-1)21(18-11-3-4-12-18,19-13-5-6-14-19)20-15-7-8-16-20/h17-20H,1-16H2. The first-order chi connectivity index (χ1) is 10.4. The molecule has 0 amide bonds. The summed E-state index contributed by atoms with van der Waals surface area (Å²) < 4.78 is 0. The highest BCUT2D eigenvalue weighted by Crippen LogP contribution is 2.64. The van der Waals surface area contributed by atoms with Crippen LogP contribution in [0.3, 0.4) is 0 Å². The fraction of sp³-hybridized carbons (Fsp3) is 1.00. The van der Waals surface area contributed by atoms with Crippen molar-refractivity contribution in [3.8, 4) is 0 Å². The first kappa shape index (κ1) is 14.6. The Kier molecular flexibility index (Phi) is 4.34. The van der Waals surface area contributed by atoms with E-state index in [1.807, 2.05) is 0 Å². The molecule has 21 heavy (non-hydrogen) atoms. The van der Waals surface area contributed by atoms with Gasteiger partial charge >= 0.3 is 0 Å². The van der Waals surface area contributed by atoms with E-state index in [1.165, 1.54) is 0 Å². The highest BCUT2D eigenvalue weighted by Gasteiger charge is 2.56. The summed E-state index contributed by atoms with van der Waals surface area (Å²) in [6, 6.07) is 0. The average molecular weight is 289 g/mol.